The highest BCUT2D eigenvalue weighted by Gasteiger charge is 2.13. The van der Waals surface area contributed by atoms with E-state index in [0.29, 0.717) is 17.1 Å². The normalized spacial score (nSPS) is 12.0. The number of hydrogen-bond donors (Lipinski definition) is 1. The summed E-state index contributed by atoms with van der Waals surface area (Å²) in [4.78, 5) is 7.84. The molecule has 5 nitrogen and oxygen atoms in total. The van der Waals surface area contributed by atoms with Crippen LogP contribution in [-0.4, -0.2) is 29.3 Å². The molecule has 6 heteroatoms. The predicted octanol–water partition coefficient (Wildman–Crippen LogP) is 1.91. The van der Waals surface area contributed by atoms with E-state index in [9.17, 15) is 9.50 Å². The summed E-state index contributed by atoms with van der Waals surface area (Å²) >= 11 is 0. The van der Waals surface area contributed by atoms with Crippen molar-refractivity contribution in [3.63, 3.8) is 0 Å². The van der Waals surface area contributed by atoms with Crippen molar-refractivity contribution in [2.45, 2.75) is 12.5 Å². The van der Waals surface area contributed by atoms with Gasteiger partial charge in [-0.15, -0.1) is 0 Å². The molecule has 1 heterocycles. The maximum Gasteiger partial charge on any atom is 0.216 e. The molecule has 1 unspecified atom stereocenters. The van der Waals surface area contributed by atoms with E-state index in [4.69, 9.17) is 9.47 Å². The number of aromatic nitrogens is 2. The second-order valence-electron chi connectivity index (χ2n) is 4.17. The molecule has 0 amide bonds. The summed E-state index contributed by atoms with van der Waals surface area (Å²) in [7, 11) is 2.89. The molecule has 0 saturated carbocycles. The van der Waals surface area contributed by atoms with Gasteiger partial charge in [0.25, 0.3) is 0 Å². The first-order valence-corrected chi connectivity index (χ1v) is 6.00. The van der Waals surface area contributed by atoms with Crippen LogP contribution in [0.1, 0.15) is 17.4 Å². The maximum absolute atomic E-state index is 13.6. The summed E-state index contributed by atoms with van der Waals surface area (Å²) < 4.78 is 23.4. The number of methoxy groups -OCH3 is 2. The van der Waals surface area contributed by atoms with Gasteiger partial charge in [-0.3, -0.25) is 0 Å². The minimum absolute atomic E-state index is 0.173. The third-order valence-corrected chi connectivity index (χ3v) is 2.86. The maximum atomic E-state index is 13.6. The Kier molecular flexibility index (Phi) is 4.47. The number of aliphatic hydroxyl groups is 1. The van der Waals surface area contributed by atoms with Gasteiger partial charge in [-0.1, -0.05) is 6.07 Å². The zero-order valence-corrected chi connectivity index (χ0v) is 11.2. The Balaban J connectivity index is 2.14. The third kappa shape index (κ3) is 3.21. The SMILES string of the molecule is COc1cc(C(O)Cc2ccc(OC)c(F)c2)ncn1. The minimum atomic E-state index is -0.861. The van der Waals surface area contributed by atoms with Gasteiger partial charge in [-0.05, 0) is 17.7 Å². The molecule has 0 spiro atoms. The van der Waals surface area contributed by atoms with Gasteiger partial charge in [0.1, 0.15) is 12.4 Å². The Morgan fingerprint density at radius 1 is 1.20 bits per heavy atom. The van der Waals surface area contributed by atoms with Crippen molar-refractivity contribution >= 4 is 0 Å². The van der Waals surface area contributed by atoms with Gasteiger partial charge >= 0.3 is 0 Å². The quantitative estimate of drug-likeness (QED) is 0.905. The molecule has 0 radical (unpaired) electrons. The van der Waals surface area contributed by atoms with E-state index in [1.54, 1.807) is 12.1 Å². The summed E-state index contributed by atoms with van der Waals surface area (Å²) in [6, 6.07) is 6.10. The number of ether oxygens (including phenoxy) is 2. The standard InChI is InChI=1S/C14H15FN2O3/c1-19-13-4-3-9(5-10(13)15)6-12(18)11-7-14(20-2)17-8-16-11/h3-5,7-8,12,18H,6H2,1-2H3. The number of halogens is 1. The first-order chi connectivity index (χ1) is 9.63. The lowest BCUT2D eigenvalue weighted by Crippen LogP contribution is -2.05. The molecule has 1 N–H and O–H groups in total. The average Bonchev–Trinajstić information content (AvgIpc) is 2.47. The molecule has 0 saturated heterocycles. The first-order valence-electron chi connectivity index (χ1n) is 6.00. The number of benzene rings is 1. The van der Waals surface area contributed by atoms with E-state index in [-0.39, 0.29) is 12.2 Å². The molecule has 2 rings (SSSR count). The highest BCUT2D eigenvalue weighted by atomic mass is 19.1. The molecule has 0 aliphatic rings. The molecule has 106 valence electrons. The lowest BCUT2D eigenvalue weighted by molar-refractivity contribution is 0.172. The smallest absolute Gasteiger partial charge is 0.216 e. The fraction of sp³-hybridized carbons (Fsp3) is 0.286. The minimum Gasteiger partial charge on any atom is -0.494 e. The molecule has 0 aliphatic heterocycles. The molecule has 1 aromatic carbocycles. The van der Waals surface area contributed by atoms with Crippen LogP contribution in [-0.2, 0) is 6.42 Å². The molecule has 1 aromatic heterocycles. The molecular formula is C14H15FN2O3. The summed E-state index contributed by atoms with van der Waals surface area (Å²) in [5.41, 5.74) is 1.07. The largest absolute Gasteiger partial charge is 0.494 e. The number of nitrogens with zero attached hydrogens (tertiary/aromatic N) is 2. The second-order valence-corrected chi connectivity index (χ2v) is 4.17. The second kappa shape index (κ2) is 6.29. The van der Waals surface area contributed by atoms with E-state index in [1.807, 2.05) is 0 Å². The van der Waals surface area contributed by atoms with E-state index < -0.39 is 11.9 Å². The Bertz CT molecular complexity index is 592. The highest BCUT2D eigenvalue weighted by Crippen LogP contribution is 2.22. The summed E-state index contributed by atoms with van der Waals surface area (Å²) in [5, 5.41) is 10.1. The molecule has 0 aliphatic carbocycles. The molecule has 1 atom stereocenters. The van der Waals surface area contributed by atoms with Gasteiger partial charge in [0, 0.05) is 12.5 Å². The monoisotopic (exact) mass is 278 g/mol. The lowest BCUT2D eigenvalue weighted by atomic mass is 10.1. The number of aliphatic hydroxyl groups excluding tert-OH is 1. The van der Waals surface area contributed by atoms with E-state index in [2.05, 4.69) is 9.97 Å². The van der Waals surface area contributed by atoms with Crippen LogP contribution in [0.25, 0.3) is 0 Å². The van der Waals surface area contributed by atoms with Crippen molar-refractivity contribution in [3.05, 3.63) is 47.7 Å². The number of rotatable bonds is 5. The van der Waals surface area contributed by atoms with Crippen molar-refractivity contribution in [1.82, 2.24) is 9.97 Å². The number of hydrogen-bond acceptors (Lipinski definition) is 5. The highest BCUT2D eigenvalue weighted by molar-refractivity contribution is 5.30. The van der Waals surface area contributed by atoms with E-state index in [1.165, 1.54) is 32.7 Å². The van der Waals surface area contributed by atoms with Crippen molar-refractivity contribution in [1.29, 1.82) is 0 Å². The van der Waals surface area contributed by atoms with Gasteiger partial charge in [0.05, 0.1) is 19.9 Å². The van der Waals surface area contributed by atoms with Crippen LogP contribution in [0.15, 0.2) is 30.6 Å². The summed E-state index contributed by atoms with van der Waals surface area (Å²) in [6.45, 7) is 0. The molecule has 0 fully saturated rings. The van der Waals surface area contributed by atoms with Crippen molar-refractivity contribution < 1.29 is 19.0 Å². The molecule has 20 heavy (non-hydrogen) atoms. The van der Waals surface area contributed by atoms with Crippen molar-refractivity contribution in [2.75, 3.05) is 14.2 Å². The van der Waals surface area contributed by atoms with Gasteiger partial charge in [0.15, 0.2) is 11.6 Å². The van der Waals surface area contributed by atoms with Crippen LogP contribution in [0, 0.1) is 5.82 Å². The third-order valence-electron chi connectivity index (χ3n) is 2.86. The van der Waals surface area contributed by atoms with Gasteiger partial charge in [0.2, 0.25) is 5.88 Å². The van der Waals surface area contributed by atoms with Crippen molar-refractivity contribution in [3.8, 4) is 11.6 Å². The summed E-state index contributed by atoms with van der Waals surface area (Å²) in [5.74, 6) is 0.0828. The fourth-order valence-electron chi connectivity index (χ4n) is 1.81. The Morgan fingerprint density at radius 3 is 2.65 bits per heavy atom. The topological polar surface area (TPSA) is 64.5 Å². The van der Waals surface area contributed by atoms with Crippen molar-refractivity contribution in [2.24, 2.45) is 0 Å². The van der Waals surface area contributed by atoms with Crippen LogP contribution in [0.2, 0.25) is 0 Å². The Hall–Kier alpha value is -2.21. The van der Waals surface area contributed by atoms with Crippen LogP contribution >= 0.6 is 0 Å². The van der Waals surface area contributed by atoms with E-state index in [0.717, 1.165) is 0 Å². The first kappa shape index (κ1) is 14.2. The van der Waals surface area contributed by atoms with Gasteiger partial charge in [-0.2, -0.15) is 0 Å². The average molecular weight is 278 g/mol. The molecule has 2 aromatic rings. The van der Waals surface area contributed by atoms with Crippen LogP contribution in [0.4, 0.5) is 4.39 Å². The van der Waals surface area contributed by atoms with E-state index >= 15 is 0 Å². The van der Waals surface area contributed by atoms with Crippen LogP contribution in [0.5, 0.6) is 11.6 Å². The molecular weight excluding hydrogens is 263 g/mol. The Morgan fingerprint density at radius 2 is 2.00 bits per heavy atom. The summed E-state index contributed by atoms with van der Waals surface area (Å²) in [6.07, 6.45) is 0.687. The van der Waals surface area contributed by atoms with Crippen LogP contribution < -0.4 is 9.47 Å². The molecule has 0 bridgehead atoms. The van der Waals surface area contributed by atoms with Crippen LogP contribution in [0.3, 0.4) is 0 Å². The zero-order valence-electron chi connectivity index (χ0n) is 11.2. The zero-order chi connectivity index (χ0) is 14.5. The predicted molar refractivity (Wildman–Crippen MR) is 70.2 cm³/mol. The van der Waals surface area contributed by atoms with Gasteiger partial charge < -0.3 is 14.6 Å². The Labute approximate surface area is 116 Å². The fourth-order valence-corrected chi connectivity index (χ4v) is 1.81. The lowest BCUT2D eigenvalue weighted by Gasteiger charge is -2.11. The van der Waals surface area contributed by atoms with Gasteiger partial charge in [-0.25, -0.2) is 14.4 Å².